The average molecular weight is 574 g/mol. The Morgan fingerprint density at radius 1 is 1.00 bits per heavy atom. The number of hydrogen-bond acceptors (Lipinski definition) is 4. The molecule has 39 heavy (non-hydrogen) atoms. The van der Waals surface area contributed by atoms with E-state index in [1.165, 1.54) is 47.4 Å². The zero-order chi connectivity index (χ0) is 28.6. The van der Waals surface area contributed by atoms with Gasteiger partial charge < -0.3 is 10.2 Å². The van der Waals surface area contributed by atoms with E-state index in [9.17, 15) is 22.4 Å². The molecule has 0 bridgehead atoms. The SMILES string of the molecule is CCCCNC(=O)[C@H](C)N(Cc1ccc(F)cc1)C(=O)CN(c1ccccc1Cl)S(=O)(=O)c1ccc(C)cc1. The number of carbonyl (C=O) groups excluding carboxylic acids is 2. The molecule has 10 heteroatoms. The highest BCUT2D eigenvalue weighted by molar-refractivity contribution is 7.92. The van der Waals surface area contributed by atoms with Gasteiger partial charge in [0.2, 0.25) is 11.8 Å². The van der Waals surface area contributed by atoms with Crippen molar-refractivity contribution in [3.63, 3.8) is 0 Å². The van der Waals surface area contributed by atoms with Crippen LogP contribution in [-0.4, -0.2) is 44.3 Å². The molecule has 3 aromatic carbocycles. The van der Waals surface area contributed by atoms with Crippen LogP contribution in [0.15, 0.2) is 77.7 Å². The number of nitrogens with zero attached hydrogens (tertiary/aromatic N) is 2. The van der Waals surface area contributed by atoms with Crippen LogP contribution in [0.1, 0.15) is 37.8 Å². The van der Waals surface area contributed by atoms with Gasteiger partial charge in [0.1, 0.15) is 18.4 Å². The van der Waals surface area contributed by atoms with Crippen molar-refractivity contribution in [2.45, 2.75) is 51.1 Å². The standard InChI is InChI=1S/C29H33ClFN3O4S/c1-4-5-18-32-29(36)22(3)33(19-23-12-14-24(31)15-13-23)28(35)20-34(27-9-7-6-8-26(27)30)39(37,38)25-16-10-21(2)11-17-25/h6-17,22H,4-5,18-20H2,1-3H3,(H,32,36)/t22-/m0/s1. The number of benzene rings is 3. The zero-order valence-corrected chi connectivity index (χ0v) is 23.8. The first-order chi connectivity index (χ1) is 18.5. The van der Waals surface area contributed by atoms with E-state index in [-0.39, 0.29) is 28.1 Å². The Morgan fingerprint density at radius 2 is 1.64 bits per heavy atom. The maximum atomic E-state index is 13.8. The summed E-state index contributed by atoms with van der Waals surface area (Å²) in [5.74, 6) is -1.42. The maximum Gasteiger partial charge on any atom is 0.264 e. The van der Waals surface area contributed by atoms with E-state index in [0.717, 1.165) is 22.7 Å². The Kier molecular flexibility index (Phi) is 10.5. The van der Waals surface area contributed by atoms with Crippen molar-refractivity contribution in [1.82, 2.24) is 10.2 Å². The van der Waals surface area contributed by atoms with Crippen LogP contribution in [0.4, 0.5) is 10.1 Å². The Hall–Kier alpha value is -3.43. The summed E-state index contributed by atoms with van der Waals surface area (Å²) in [5.41, 5.74) is 1.60. The number of para-hydroxylation sites is 1. The van der Waals surface area contributed by atoms with E-state index >= 15 is 0 Å². The molecule has 0 spiro atoms. The van der Waals surface area contributed by atoms with E-state index < -0.39 is 34.3 Å². The van der Waals surface area contributed by atoms with Crippen LogP contribution in [0, 0.1) is 12.7 Å². The van der Waals surface area contributed by atoms with Gasteiger partial charge in [-0.2, -0.15) is 0 Å². The van der Waals surface area contributed by atoms with Crippen molar-refractivity contribution in [2.24, 2.45) is 0 Å². The number of aryl methyl sites for hydroxylation is 1. The molecular formula is C29H33ClFN3O4S. The molecule has 7 nitrogen and oxygen atoms in total. The Morgan fingerprint density at radius 3 is 2.26 bits per heavy atom. The summed E-state index contributed by atoms with van der Waals surface area (Å²) in [7, 11) is -4.21. The maximum absolute atomic E-state index is 13.8. The predicted octanol–water partition coefficient (Wildman–Crippen LogP) is 5.32. The minimum atomic E-state index is -4.21. The molecule has 0 aliphatic rings. The number of sulfonamides is 1. The predicted molar refractivity (Wildman–Crippen MR) is 151 cm³/mol. The summed E-state index contributed by atoms with van der Waals surface area (Å²) >= 11 is 6.40. The van der Waals surface area contributed by atoms with Gasteiger partial charge in [-0.15, -0.1) is 0 Å². The van der Waals surface area contributed by atoms with Gasteiger partial charge in [0, 0.05) is 13.1 Å². The van der Waals surface area contributed by atoms with Crippen LogP contribution in [0.25, 0.3) is 0 Å². The van der Waals surface area contributed by atoms with E-state index in [1.54, 1.807) is 37.3 Å². The Balaban J connectivity index is 2.00. The highest BCUT2D eigenvalue weighted by atomic mass is 35.5. The highest BCUT2D eigenvalue weighted by Gasteiger charge is 2.33. The summed E-state index contributed by atoms with van der Waals surface area (Å²) in [5, 5.41) is 2.97. The fourth-order valence-corrected chi connectivity index (χ4v) is 5.63. The molecular weight excluding hydrogens is 541 g/mol. The lowest BCUT2D eigenvalue weighted by Crippen LogP contribution is -2.51. The van der Waals surface area contributed by atoms with E-state index in [0.29, 0.717) is 12.1 Å². The molecule has 0 radical (unpaired) electrons. The molecule has 208 valence electrons. The van der Waals surface area contributed by atoms with Crippen LogP contribution in [0.2, 0.25) is 5.02 Å². The molecule has 0 saturated carbocycles. The summed E-state index contributed by atoms with van der Waals surface area (Å²) in [6.07, 6.45) is 1.66. The van der Waals surface area contributed by atoms with Crippen LogP contribution in [-0.2, 0) is 26.2 Å². The topological polar surface area (TPSA) is 86.8 Å². The van der Waals surface area contributed by atoms with Gasteiger partial charge in [0.25, 0.3) is 10.0 Å². The van der Waals surface area contributed by atoms with Gasteiger partial charge in [0.15, 0.2) is 0 Å². The second kappa shape index (κ2) is 13.6. The third kappa shape index (κ3) is 7.80. The lowest BCUT2D eigenvalue weighted by atomic mass is 10.1. The second-order valence-electron chi connectivity index (χ2n) is 9.24. The first-order valence-electron chi connectivity index (χ1n) is 12.7. The largest absolute Gasteiger partial charge is 0.354 e. The van der Waals surface area contributed by atoms with Crippen LogP contribution in [0.5, 0.6) is 0 Å². The average Bonchev–Trinajstić information content (AvgIpc) is 2.91. The molecule has 0 aromatic heterocycles. The van der Waals surface area contributed by atoms with Gasteiger partial charge >= 0.3 is 0 Å². The lowest BCUT2D eigenvalue weighted by Gasteiger charge is -2.32. The molecule has 0 aliphatic carbocycles. The van der Waals surface area contributed by atoms with Crippen molar-refractivity contribution >= 4 is 39.1 Å². The first-order valence-corrected chi connectivity index (χ1v) is 14.5. The fraction of sp³-hybridized carbons (Fsp3) is 0.310. The fourth-order valence-electron chi connectivity index (χ4n) is 3.91. The molecule has 3 rings (SSSR count). The molecule has 1 atom stereocenters. The Labute approximate surface area is 234 Å². The smallest absolute Gasteiger partial charge is 0.264 e. The summed E-state index contributed by atoms with van der Waals surface area (Å²) < 4.78 is 42.1. The molecule has 0 heterocycles. The van der Waals surface area contributed by atoms with E-state index in [1.807, 2.05) is 13.8 Å². The number of unbranched alkanes of at least 4 members (excludes halogenated alkanes) is 1. The number of rotatable bonds is 12. The van der Waals surface area contributed by atoms with Gasteiger partial charge in [0.05, 0.1) is 15.6 Å². The minimum absolute atomic E-state index is 0.00346. The number of amides is 2. The third-order valence-electron chi connectivity index (χ3n) is 6.27. The number of anilines is 1. The first kappa shape index (κ1) is 30.1. The zero-order valence-electron chi connectivity index (χ0n) is 22.2. The molecule has 0 aliphatic heterocycles. The summed E-state index contributed by atoms with van der Waals surface area (Å²) in [6, 6.07) is 17.3. The monoisotopic (exact) mass is 573 g/mol. The summed E-state index contributed by atoms with van der Waals surface area (Å²) in [6.45, 7) is 5.24. The Bertz CT molecular complexity index is 1380. The quantitative estimate of drug-likeness (QED) is 0.297. The molecule has 0 unspecified atom stereocenters. The number of carbonyl (C=O) groups is 2. The molecule has 0 fully saturated rings. The molecule has 3 aromatic rings. The van der Waals surface area contributed by atoms with E-state index in [4.69, 9.17) is 11.6 Å². The van der Waals surface area contributed by atoms with Crippen LogP contribution in [0.3, 0.4) is 0 Å². The minimum Gasteiger partial charge on any atom is -0.354 e. The van der Waals surface area contributed by atoms with Gasteiger partial charge in [-0.1, -0.05) is 66.9 Å². The van der Waals surface area contributed by atoms with Crippen LogP contribution < -0.4 is 9.62 Å². The second-order valence-corrected chi connectivity index (χ2v) is 11.5. The van der Waals surface area contributed by atoms with Crippen LogP contribution >= 0.6 is 11.6 Å². The normalized spacial score (nSPS) is 12.0. The number of halogens is 2. The van der Waals surface area contributed by atoms with Crippen molar-refractivity contribution in [3.8, 4) is 0 Å². The molecule has 1 N–H and O–H groups in total. The van der Waals surface area contributed by atoms with Crippen molar-refractivity contribution < 1.29 is 22.4 Å². The number of nitrogens with one attached hydrogen (secondary N) is 1. The molecule has 2 amide bonds. The van der Waals surface area contributed by atoms with Crippen molar-refractivity contribution in [1.29, 1.82) is 0 Å². The van der Waals surface area contributed by atoms with Gasteiger partial charge in [-0.3, -0.25) is 13.9 Å². The van der Waals surface area contributed by atoms with Gasteiger partial charge in [-0.25, -0.2) is 12.8 Å². The lowest BCUT2D eigenvalue weighted by molar-refractivity contribution is -0.139. The number of hydrogen-bond donors (Lipinski definition) is 1. The third-order valence-corrected chi connectivity index (χ3v) is 8.37. The van der Waals surface area contributed by atoms with E-state index in [2.05, 4.69) is 5.32 Å². The highest BCUT2D eigenvalue weighted by Crippen LogP contribution is 2.31. The molecule has 0 saturated heterocycles. The van der Waals surface area contributed by atoms with Crippen molar-refractivity contribution in [3.05, 3.63) is 94.8 Å². The summed E-state index contributed by atoms with van der Waals surface area (Å²) in [4.78, 5) is 28.1. The van der Waals surface area contributed by atoms with Gasteiger partial charge in [-0.05, 0) is 62.2 Å². The van der Waals surface area contributed by atoms with Crippen molar-refractivity contribution in [2.75, 3.05) is 17.4 Å².